The summed E-state index contributed by atoms with van der Waals surface area (Å²) in [4.78, 5) is 11.8. The number of nitriles is 1. The van der Waals surface area contributed by atoms with Crippen molar-refractivity contribution in [2.24, 2.45) is 0 Å². The number of nitrogens with two attached hydrogens (primary N) is 1. The fourth-order valence-electron chi connectivity index (χ4n) is 2.03. The summed E-state index contributed by atoms with van der Waals surface area (Å²) in [5.41, 5.74) is 6.31. The summed E-state index contributed by atoms with van der Waals surface area (Å²) in [6.45, 7) is 0. The standard InChI is InChI=1S/C16H10BrF2N7/c17-9-5-11(18)13(12(19)6-9)23-16-25-14(21)24-15(26-16)22-10-3-1-8(7-20)2-4-10/h1-6H,(H4,21,22,23,24,25,26). The fourth-order valence-corrected chi connectivity index (χ4v) is 2.44. The molecule has 0 saturated heterocycles. The SMILES string of the molecule is N#Cc1ccc(Nc2nc(N)nc(Nc3c(F)cc(Br)cc3F)n2)cc1. The van der Waals surface area contributed by atoms with Crippen molar-refractivity contribution in [2.45, 2.75) is 0 Å². The Hall–Kier alpha value is -3.32. The second-order valence-corrected chi connectivity index (χ2v) is 5.94. The van der Waals surface area contributed by atoms with Gasteiger partial charge in [0.1, 0.15) is 5.69 Å². The van der Waals surface area contributed by atoms with Gasteiger partial charge < -0.3 is 16.4 Å². The summed E-state index contributed by atoms with van der Waals surface area (Å²) in [6, 6.07) is 10.7. The number of hydrogen-bond acceptors (Lipinski definition) is 7. The summed E-state index contributed by atoms with van der Waals surface area (Å²) >= 11 is 3.00. The van der Waals surface area contributed by atoms with Crippen LogP contribution in [0.4, 0.5) is 38.0 Å². The zero-order chi connectivity index (χ0) is 18.7. The van der Waals surface area contributed by atoms with Crippen LogP contribution in [0.3, 0.4) is 0 Å². The highest BCUT2D eigenvalue weighted by atomic mass is 79.9. The Kier molecular flexibility index (Phi) is 4.90. The zero-order valence-electron chi connectivity index (χ0n) is 13.0. The lowest BCUT2D eigenvalue weighted by atomic mass is 10.2. The van der Waals surface area contributed by atoms with Gasteiger partial charge >= 0.3 is 0 Å². The zero-order valence-corrected chi connectivity index (χ0v) is 14.6. The molecule has 0 aliphatic carbocycles. The van der Waals surface area contributed by atoms with E-state index in [9.17, 15) is 8.78 Å². The quantitative estimate of drug-likeness (QED) is 0.590. The number of benzene rings is 2. The van der Waals surface area contributed by atoms with Crippen LogP contribution in [0.1, 0.15) is 5.56 Å². The van der Waals surface area contributed by atoms with Crippen LogP contribution in [-0.4, -0.2) is 15.0 Å². The monoisotopic (exact) mass is 417 g/mol. The van der Waals surface area contributed by atoms with E-state index in [4.69, 9.17) is 11.0 Å². The highest BCUT2D eigenvalue weighted by Gasteiger charge is 2.13. The summed E-state index contributed by atoms with van der Waals surface area (Å²) < 4.78 is 28.1. The van der Waals surface area contributed by atoms with Crippen LogP contribution in [0.5, 0.6) is 0 Å². The van der Waals surface area contributed by atoms with Crippen LogP contribution in [0.15, 0.2) is 40.9 Å². The molecule has 0 unspecified atom stereocenters. The minimum Gasteiger partial charge on any atom is -0.368 e. The maximum Gasteiger partial charge on any atom is 0.233 e. The molecule has 26 heavy (non-hydrogen) atoms. The Balaban J connectivity index is 1.87. The molecule has 0 aliphatic rings. The molecule has 0 radical (unpaired) electrons. The van der Waals surface area contributed by atoms with Crippen molar-refractivity contribution in [1.29, 1.82) is 5.26 Å². The maximum absolute atomic E-state index is 13.9. The summed E-state index contributed by atoms with van der Waals surface area (Å²) in [7, 11) is 0. The van der Waals surface area contributed by atoms with E-state index in [-0.39, 0.29) is 22.3 Å². The van der Waals surface area contributed by atoms with E-state index in [1.165, 1.54) is 0 Å². The van der Waals surface area contributed by atoms with Gasteiger partial charge in [0.05, 0.1) is 11.6 Å². The number of halogens is 3. The molecule has 0 fully saturated rings. The third-order valence-corrected chi connectivity index (χ3v) is 3.62. The minimum atomic E-state index is -0.822. The van der Waals surface area contributed by atoms with Gasteiger partial charge in [0, 0.05) is 10.2 Å². The Morgan fingerprint density at radius 3 is 2.12 bits per heavy atom. The molecule has 2 aromatic carbocycles. The maximum atomic E-state index is 13.9. The number of nitrogens with one attached hydrogen (secondary N) is 2. The van der Waals surface area contributed by atoms with Crippen molar-refractivity contribution >= 4 is 45.1 Å². The molecule has 1 heterocycles. The Bertz CT molecular complexity index is 979. The third-order valence-electron chi connectivity index (χ3n) is 3.17. The number of rotatable bonds is 4. The average Bonchev–Trinajstić information content (AvgIpc) is 2.58. The molecule has 0 bridgehead atoms. The van der Waals surface area contributed by atoms with E-state index in [0.29, 0.717) is 11.3 Å². The van der Waals surface area contributed by atoms with Crippen molar-refractivity contribution in [2.75, 3.05) is 16.4 Å². The molecule has 4 N–H and O–H groups in total. The highest BCUT2D eigenvalue weighted by Crippen LogP contribution is 2.26. The predicted octanol–water partition coefficient (Wildman–Crippen LogP) is 3.85. The molecule has 0 spiro atoms. The van der Waals surface area contributed by atoms with Crippen LogP contribution in [-0.2, 0) is 0 Å². The van der Waals surface area contributed by atoms with Crippen molar-refractivity contribution in [1.82, 2.24) is 15.0 Å². The first-order chi connectivity index (χ1) is 12.4. The highest BCUT2D eigenvalue weighted by molar-refractivity contribution is 9.10. The van der Waals surface area contributed by atoms with Gasteiger partial charge in [0.2, 0.25) is 17.8 Å². The largest absolute Gasteiger partial charge is 0.368 e. The van der Waals surface area contributed by atoms with E-state index in [2.05, 4.69) is 41.5 Å². The van der Waals surface area contributed by atoms with Gasteiger partial charge in [-0.05, 0) is 36.4 Å². The lowest BCUT2D eigenvalue weighted by Gasteiger charge is -2.10. The molecule has 0 amide bonds. The molecule has 0 aliphatic heterocycles. The first-order valence-corrected chi connectivity index (χ1v) is 7.94. The molecule has 1 aromatic heterocycles. The van der Waals surface area contributed by atoms with Gasteiger partial charge in [-0.25, -0.2) is 8.78 Å². The second-order valence-electron chi connectivity index (χ2n) is 5.02. The van der Waals surface area contributed by atoms with Gasteiger partial charge in [-0.1, -0.05) is 15.9 Å². The predicted molar refractivity (Wildman–Crippen MR) is 96.0 cm³/mol. The van der Waals surface area contributed by atoms with E-state index >= 15 is 0 Å². The Morgan fingerprint density at radius 1 is 0.962 bits per heavy atom. The topological polar surface area (TPSA) is 113 Å². The summed E-state index contributed by atoms with van der Waals surface area (Å²) in [5.74, 6) is -1.84. The molecular weight excluding hydrogens is 408 g/mol. The van der Waals surface area contributed by atoms with Gasteiger partial charge in [-0.15, -0.1) is 0 Å². The number of aromatic nitrogens is 3. The molecule has 0 atom stereocenters. The third kappa shape index (κ3) is 4.01. The minimum absolute atomic E-state index is 0.0719. The normalized spacial score (nSPS) is 10.2. The van der Waals surface area contributed by atoms with Crippen LogP contribution < -0.4 is 16.4 Å². The van der Waals surface area contributed by atoms with E-state index in [1.54, 1.807) is 24.3 Å². The van der Waals surface area contributed by atoms with E-state index < -0.39 is 17.3 Å². The van der Waals surface area contributed by atoms with E-state index in [0.717, 1.165) is 12.1 Å². The Labute approximate surface area is 155 Å². The molecule has 130 valence electrons. The first-order valence-electron chi connectivity index (χ1n) is 7.15. The number of hydrogen-bond donors (Lipinski definition) is 3. The molecule has 7 nitrogen and oxygen atoms in total. The first kappa shape index (κ1) is 17.5. The van der Waals surface area contributed by atoms with Crippen LogP contribution in [0.2, 0.25) is 0 Å². The second kappa shape index (κ2) is 7.28. The van der Waals surface area contributed by atoms with Crippen molar-refractivity contribution in [3.8, 4) is 6.07 Å². The van der Waals surface area contributed by atoms with Gasteiger partial charge in [-0.2, -0.15) is 20.2 Å². The molecule has 10 heteroatoms. The molecule has 3 rings (SSSR count). The van der Waals surface area contributed by atoms with Crippen molar-refractivity contribution in [3.63, 3.8) is 0 Å². The number of nitrogen functional groups attached to an aromatic ring is 1. The van der Waals surface area contributed by atoms with Gasteiger partial charge in [-0.3, -0.25) is 0 Å². The van der Waals surface area contributed by atoms with Crippen molar-refractivity contribution < 1.29 is 8.78 Å². The van der Waals surface area contributed by atoms with Crippen LogP contribution in [0.25, 0.3) is 0 Å². The molecule has 3 aromatic rings. The summed E-state index contributed by atoms with van der Waals surface area (Å²) in [6.07, 6.45) is 0. The summed E-state index contributed by atoms with van der Waals surface area (Å²) in [5, 5.41) is 14.1. The Morgan fingerprint density at radius 2 is 1.54 bits per heavy atom. The lowest BCUT2D eigenvalue weighted by Crippen LogP contribution is -2.08. The van der Waals surface area contributed by atoms with Crippen LogP contribution in [0, 0.1) is 23.0 Å². The fraction of sp³-hybridized carbons (Fsp3) is 0. The molecular formula is C16H10BrF2N7. The van der Waals surface area contributed by atoms with E-state index in [1.807, 2.05) is 6.07 Å². The smallest absolute Gasteiger partial charge is 0.233 e. The number of anilines is 5. The van der Waals surface area contributed by atoms with Gasteiger partial charge in [0.25, 0.3) is 0 Å². The van der Waals surface area contributed by atoms with Crippen molar-refractivity contribution in [3.05, 3.63) is 58.1 Å². The molecule has 0 saturated carbocycles. The van der Waals surface area contributed by atoms with Gasteiger partial charge in [0.15, 0.2) is 11.6 Å². The number of nitrogens with zero attached hydrogens (tertiary/aromatic N) is 4. The average molecular weight is 418 g/mol. The lowest BCUT2D eigenvalue weighted by molar-refractivity contribution is 0.589. The van der Waals surface area contributed by atoms with Crippen LogP contribution >= 0.6 is 15.9 Å².